The Morgan fingerprint density at radius 3 is 2.00 bits per heavy atom. The predicted molar refractivity (Wildman–Crippen MR) is 32.4 cm³/mol. The molecule has 0 aromatic carbocycles. The largest absolute Gasteiger partial charge is 0.0744 e. The molecule has 7 heavy (non-hydrogen) atoms. The fraction of sp³-hybridized carbons (Fsp3) is 1.00. The minimum atomic E-state index is 0.509. The van der Waals surface area contributed by atoms with Gasteiger partial charge in [-0.2, -0.15) is 0 Å². The van der Waals surface area contributed by atoms with Crippen LogP contribution in [0.5, 0.6) is 0 Å². The molecule has 3 unspecified atom stereocenters. The lowest BCUT2D eigenvalue weighted by Gasteiger charge is -2.38. The van der Waals surface area contributed by atoms with Crippen LogP contribution in [0.25, 0.3) is 0 Å². The lowest BCUT2D eigenvalue weighted by Crippen LogP contribution is -2.27. The van der Waals surface area contributed by atoms with Crippen molar-refractivity contribution in [2.75, 3.05) is 0 Å². The van der Waals surface area contributed by atoms with Crippen LogP contribution in [0.1, 0.15) is 20.3 Å². The summed E-state index contributed by atoms with van der Waals surface area (Å²) in [6, 6.07) is 0. The van der Waals surface area contributed by atoms with E-state index in [2.05, 4.69) is 13.8 Å². The quantitative estimate of drug-likeness (QED) is 0.400. The van der Waals surface area contributed by atoms with Gasteiger partial charge in [-0.05, 0) is 11.8 Å². The Morgan fingerprint density at radius 2 is 2.00 bits per heavy atom. The normalized spacial score (nSPS) is 50.9. The highest BCUT2D eigenvalue weighted by Gasteiger charge is 2.29. The first kappa shape index (κ1) is 5.21. The van der Waals surface area contributed by atoms with Crippen molar-refractivity contribution in [3.8, 4) is 0 Å². The second-order valence-corrected chi connectivity index (χ2v) is 2.74. The molecule has 0 N–H and O–H groups in total. The zero-order valence-corrected chi connectivity index (χ0v) is 5.02. The molecule has 0 aliphatic heterocycles. The number of hydrogen-bond acceptors (Lipinski definition) is 0. The van der Waals surface area contributed by atoms with Crippen molar-refractivity contribution >= 4 is 7.85 Å². The van der Waals surface area contributed by atoms with E-state index in [1.54, 1.807) is 0 Å². The molecule has 1 saturated carbocycles. The van der Waals surface area contributed by atoms with Crippen molar-refractivity contribution < 1.29 is 0 Å². The van der Waals surface area contributed by atoms with Crippen molar-refractivity contribution in [3.63, 3.8) is 0 Å². The van der Waals surface area contributed by atoms with Gasteiger partial charge < -0.3 is 0 Å². The molecule has 1 aliphatic rings. The molecule has 0 aromatic rings. The summed E-state index contributed by atoms with van der Waals surface area (Å²) in [5, 5.41) is 0. The summed E-state index contributed by atoms with van der Waals surface area (Å²) in [5.41, 5.74) is 0. The lowest BCUT2D eigenvalue weighted by atomic mass is 9.57. The van der Waals surface area contributed by atoms with Crippen LogP contribution in [0.15, 0.2) is 0 Å². The SMILES string of the molecule is [B]C1CC(C)C1C. The summed E-state index contributed by atoms with van der Waals surface area (Å²) >= 11 is 0. The maximum absolute atomic E-state index is 5.61. The van der Waals surface area contributed by atoms with Gasteiger partial charge in [0.1, 0.15) is 0 Å². The second kappa shape index (κ2) is 1.54. The van der Waals surface area contributed by atoms with E-state index in [1.807, 2.05) is 0 Å². The van der Waals surface area contributed by atoms with Crippen LogP contribution < -0.4 is 0 Å². The standard InChI is InChI=1S/C6H11B/c1-4-3-6(7)5(4)2/h4-6H,3H2,1-2H3. The van der Waals surface area contributed by atoms with Gasteiger partial charge in [0.05, 0.1) is 7.85 Å². The van der Waals surface area contributed by atoms with Gasteiger partial charge in [-0.3, -0.25) is 0 Å². The van der Waals surface area contributed by atoms with E-state index < -0.39 is 0 Å². The second-order valence-electron chi connectivity index (χ2n) is 2.74. The van der Waals surface area contributed by atoms with Gasteiger partial charge in [0, 0.05) is 0 Å². The van der Waals surface area contributed by atoms with Crippen LogP contribution in [0.4, 0.5) is 0 Å². The molecule has 0 nitrogen and oxygen atoms in total. The first-order valence-electron chi connectivity index (χ1n) is 2.97. The summed E-state index contributed by atoms with van der Waals surface area (Å²) in [4.78, 5) is 0. The van der Waals surface area contributed by atoms with Gasteiger partial charge in [0.25, 0.3) is 0 Å². The van der Waals surface area contributed by atoms with Gasteiger partial charge in [-0.15, -0.1) is 0 Å². The first-order chi connectivity index (χ1) is 3.22. The molecule has 0 saturated heterocycles. The Morgan fingerprint density at radius 1 is 1.43 bits per heavy atom. The molecule has 0 aromatic heterocycles. The average molecular weight is 94.0 g/mol. The molecule has 1 heteroatoms. The minimum absolute atomic E-state index is 0.509. The summed E-state index contributed by atoms with van der Waals surface area (Å²) in [5.74, 6) is 2.17. The highest BCUT2D eigenvalue weighted by molar-refractivity contribution is 6.12. The Labute approximate surface area is 46.7 Å². The van der Waals surface area contributed by atoms with E-state index in [0.29, 0.717) is 5.82 Å². The molecule has 1 fully saturated rings. The highest BCUT2D eigenvalue weighted by Crippen LogP contribution is 2.41. The van der Waals surface area contributed by atoms with E-state index in [0.717, 1.165) is 11.8 Å². The van der Waals surface area contributed by atoms with Crippen LogP contribution in [0.2, 0.25) is 5.82 Å². The topological polar surface area (TPSA) is 0 Å². The highest BCUT2D eigenvalue weighted by atomic mass is 14.3. The van der Waals surface area contributed by atoms with Gasteiger partial charge >= 0.3 is 0 Å². The Bertz CT molecular complexity index is 62.6. The van der Waals surface area contributed by atoms with Crippen molar-refractivity contribution in [1.82, 2.24) is 0 Å². The Balaban J connectivity index is 2.29. The number of rotatable bonds is 0. The Kier molecular flexibility index (Phi) is 1.14. The lowest BCUT2D eigenvalue weighted by molar-refractivity contribution is 0.220. The van der Waals surface area contributed by atoms with Gasteiger partial charge in [-0.1, -0.05) is 26.1 Å². The molecule has 0 amide bonds. The third kappa shape index (κ3) is 0.688. The average Bonchev–Trinajstić information content (AvgIpc) is 1.68. The minimum Gasteiger partial charge on any atom is -0.0744 e. The fourth-order valence-electron chi connectivity index (χ4n) is 1.08. The van der Waals surface area contributed by atoms with Crippen molar-refractivity contribution in [3.05, 3.63) is 0 Å². The molecule has 0 heterocycles. The van der Waals surface area contributed by atoms with Gasteiger partial charge in [-0.25, -0.2) is 0 Å². The van der Waals surface area contributed by atoms with Crippen LogP contribution in [0.3, 0.4) is 0 Å². The molecule has 0 spiro atoms. The molecule has 0 bridgehead atoms. The molecular weight excluding hydrogens is 82.9 g/mol. The molecule has 38 valence electrons. The smallest absolute Gasteiger partial charge is 0.0703 e. The van der Waals surface area contributed by atoms with E-state index in [9.17, 15) is 0 Å². The number of hydrogen-bond donors (Lipinski definition) is 0. The van der Waals surface area contributed by atoms with E-state index >= 15 is 0 Å². The van der Waals surface area contributed by atoms with Gasteiger partial charge in [0.2, 0.25) is 0 Å². The molecule has 1 aliphatic carbocycles. The zero-order valence-electron chi connectivity index (χ0n) is 5.02. The summed E-state index contributed by atoms with van der Waals surface area (Å²) in [7, 11) is 5.61. The van der Waals surface area contributed by atoms with E-state index in [-0.39, 0.29) is 0 Å². The summed E-state index contributed by atoms with van der Waals surface area (Å²) < 4.78 is 0. The Hall–Kier alpha value is 0.0649. The molecule has 3 atom stereocenters. The third-order valence-corrected chi connectivity index (χ3v) is 2.22. The van der Waals surface area contributed by atoms with Crippen molar-refractivity contribution in [1.29, 1.82) is 0 Å². The van der Waals surface area contributed by atoms with Gasteiger partial charge in [0.15, 0.2) is 0 Å². The maximum atomic E-state index is 5.61. The maximum Gasteiger partial charge on any atom is 0.0703 e. The fourth-order valence-corrected chi connectivity index (χ4v) is 1.08. The van der Waals surface area contributed by atoms with Crippen molar-refractivity contribution in [2.24, 2.45) is 11.8 Å². The van der Waals surface area contributed by atoms with Crippen molar-refractivity contribution in [2.45, 2.75) is 26.1 Å². The summed E-state index contributed by atoms with van der Waals surface area (Å²) in [6.45, 7) is 4.48. The molecular formula is C6H11B. The monoisotopic (exact) mass is 94.1 g/mol. The summed E-state index contributed by atoms with van der Waals surface area (Å²) in [6.07, 6.45) is 1.24. The predicted octanol–water partition coefficient (Wildman–Crippen LogP) is 1.62. The van der Waals surface area contributed by atoms with Crippen LogP contribution >= 0.6 is 0 Å². The van der Waals surface area contributed by atoms with Crippen LogP contribution in [-0.2, 0) is 0 Å². The van der Waals surface area contributed by atoms with E-state index in [1.165, 1.54) is 6.42 Å². The zero-order chi connectivity index (χ0) is 5.44. The van der Waals surface area contributed by atoms with Crippen LogP contribution in [-0.4, -0.2) is 7.85 Å². The first-order valence-corrected chi connectivity index (χ1v) is 2.97. The van der Waals surface area contributed by atoms with E-state index in [4.69, 9.17) is 7.85 Å². The molecule has 2 radical (unpaired) electrons. The third-order valence-electron chi connectivity index (χ3n) is 2.22. The molecule has 1 rings (SSSR count). The van der Waals surface area contributed by atoms with Crippen LogP contribution in [0, 0.1) is 11.8 Å².